The minimum atomic E-state index is 0.0173. The molecule has 3 heterocycles. The van der Waals surface area contributed by atoms with Crippen molar-refractivity contribution in [2.45, 2.75) is 44.7 Å². The zero-order valence-electron chi connectivity index (χ0n) is 12.5. The van der Waals surface area contributed by atoms with E-state index in [4.69, 9.17) is 5.73 Å². The Kier molecular flexibility index (Phi) is 4.22. The van der Waals surface area contributed by atoms with E-state index in [2.05, 4.69) is 26.9 Å². The van der Waals surface area contributed by atoms with Gasteiger partial charge in [-0.15, -0.1) is 0 Å². The van der Waals surface area contributed by atoms with Crippen LogP contribution in [0.5, 0.6) is 0 Å². The maximum Gasteiger partial charge on any atom is 0.0569 e. The van der Waals surface area contributed by atoms with E-state index in [1.54, 1.807) is 0 Å². The van der Waals surface area contributed by atoms with E-state index < -0.39 is 0 Å². The average molecular weight is 274 g/mol. The second-order valence-electron chi connectivity index (χ2n) is 6.22. The molecule has 2 fully saturated rings. The average Bonchev–Trinajstić information content (AvgIpc) is 2.98. The van der Waals surface area contributed by atoms with Crippen LogP contribution in [0.1, 0.15) is 44.3 Å². The molecule has 2 saturated heterocycles. The Morgan fingerprint density at radius 1 is 1.20 bits per heavy atom. The third-order valence-corrected chi connectivity index (χ3v) is 4.67. The fraction of sp³-hybridized carbons (Fsp3) is 0.688. The van der Waals surface area contributed by atoms with Gasteiger partial charge in [0.25, 0.3) is 0 Å². The number of nitrogens with two attached hydrogens (primary N) is 1. The summed E-state index contributed by atoms with van der Waals surface area (Å²) in [6.45, 7) is 6.87. The van der Waals surface area contributed by atoms with Crippen LogP contribution in [0, 0.1) is 0 Å². The molecule has 4 nitrogen and oxygen atoms in total. The van der Waals surface area contributed by atoms with Crippen LogP contribution >= 0.6 is 0 Å². The molecule has 1 unspecified atom stereocenters. The molecule has 0 spiro atoms. The first kappa shape index (κ1) is 13.8. The highest BCUT2D eigenvalue weighted by Crippen LogP contribution is 2.25. The van der Waals surface area contributed by atoms with Gasteiger partial charge in [-0.25, -0.2) is 0 Å². The van der Waals surface area contributed by atoms with Gasteiger partial charge in [-0.3, -0.25) is 9.88 Å². The topological polar surface area (TPSA) is 45.4 Å². The van der Waals surface area contributed by atoms with Gasteiger partial charge in [-0.05, 0) is 51.4 Å². The van der Waals surface area contributed by atoms with Gasteiger partial charge < -0.3 is 10.6 Å². The van der Waals surface area contributed by atoms with Gasteiger partial charge in [-0.1, -0.05) is 6.42 Å². The van der Waals surface area contributed by atoms with Crippen molar-refractivity contribution in [3.63, 3.8) is 0 Å². The first-order valence-electron chi connectivity index (χ1n) is 7.94. The van der Waals surface area contributed by atoms with Gasteiger partial charge in [0.1, 0.15) is 0 Å². The van der Waals surface area contributed by atoms with Crippen LogP contribution in [-0.2, 0) is 0 Å². The van der Waals surface area contributed by atoms with E-state index in [0.717, 1.165) is 24.8 Å². The van der Waals surface area contributed by atoms with E-state index in [1.165, 1.54) is 44.5 Å². The molecule has 0 saturated carbocycles. The maximum atomic E-state index is 5.85. The maximum absolute atomic E-state index is 5.85. The van der Waals surface area contributed by atoms with Crippen LogP contribution < -0.4 is 10.6 Å². The number of rotatable bonds is 3. The normalized spacial score (nSPS) is 25.9. The second kappa shape index (κ2) is 6.10. The highest BCUT2D eigenvalue weighted by atomic mass is 15.3. The van der Waals surface area contributed by atoms with Gasteiger partial charge >= 0.3 is 0 Å². The SMILES string of the molecule is C[C@@H](N)c1ccc(N2CCC(N3CCCCC3)C2)cn1. The Hall–Kier alpha value is -1.13. The summed E-state index contributed by atoms with van der Waals surface area (Å²) in [4.78, 5) is 9.64. The molecule has 1 aromatic heterocycles. The van der Waals surface area contributed by atoms with Gasteiger partial charge in [0.05, 0.1) is 17.6 Å². The van der Waals surface area contributed by atoms with Crippen LogP contribution in [0.15, 0.2) is 18.3 Å². The third-order valence-electron chi connectivity index (χ3n) is 4.67. The molecule has 2 N–H and O–H groups in total. The summed E-state index contributed by atoms with van der Waals surface area (Å²) in [5.74, 6) is 0. The molecule has 2 aliphatic rings. The van der Waals surface area contributed by atoms with Crippen molar-refractivity contribution in [2.75, 3.05) is 31.1 Å². The van der Waals surface area contributed by atoms with E-state index in [-0.39, 0.29) is 6.04 Å². The molecule has 0 radical (unpaired) electrons. The van der Waals surface area contributed by atoms with Crippen molar-refractivity contribution in [3.8, 4) is 0 Å². The predicted molar refractivity (Wildman–Crippen MR) is 82.9 cm³/mol. The fourth-order valence-electron chi connectivity index (χ4n) is 3.41. The lowest BCUT2D eigenvalue weighted by atomic mass is 10.1. The minimum Gasteiger partial charge on any atom is -0.369 e. The molecule has 20 heavy (non-hydrogen) atoms. The highest BCUT2D eigenvalue weighted by molar-refractivity contribution is 5.46. The van der Waals surface area contributed by atoms with Crippen LogP contribution in [-0.4, -0.2) is 42.1 Å². The quantitative estimate of drug-likeness (QED) is 0.917. The molecule has 0 aliphatic carbocycles. The van der Waals surface area contributed by atoms with Crippen LogP contribution in [0.3, 0.4) is 0 Å². The Balaban J connectivity index is 1.61. The second-order valence-corrected chi connectivity index (χ2v) is 6.22. The lowest BCUT2D eigenvalue weighted by Crippen LogP contribution is -2.40. The van der Waals surface area contributed by atoms with Gasteiger partial charge in [0, 0.05) is 25.2 Å². The molecule has 1 aromatic rings. The van der Waals surface area contributed by atoms with Crippen molar-refractivity contribution in [2.24, 2.45) is 5.73 Å². The molecule has 2 atom stereocenters. The summed E-state index contributed by atoms with van der Waals surface area (Å²) < 4.78 is 0. The molecule has 110 valence electrons. The van der Waals surface area contributed by atoms with Gasteiger partial charge in [0.2, 0.25) is 0 Å². The number of piperidine rings is 1. The van der Waals surface area contributed by atoms with E-state index in [9.17, 15) is 0 Å². The number of hydrogen-bond donors (Lipinski definition) is 1. The van der Waals surface area contributed by atoms with E-state index in [0.29, 0.717) is 0 Å². The molecular weight excluding hydrogens is 248 g/mol. The Bertz CT molecular complexity index is 423. The monoisotopic (exact) mass is 274 g/mol. The summed E-state index contributed by atoms with van der Waals surface area (Å²) >= 11 is 0. The summed E-state index contributed by atoms with van der Waals surface area (Å²) in [6, 6.07) is 4.99. The van der Waals surface area contributed by atoms with Crippen molar-refractivity contribution in [1.82, 2.24) is 9.88 Å². The first-order chi connectivity index (χ1) is 9.74. The van der Waals surface area contributed by atoms with Gasteiger partial charge in [0.15, 0.2) is 0 Å². The zero-order valence-corrected chi connectivity index (χ0v) is 12.5. The summed E-state index contributed by atoms with van der Waals surface area (Å²) in [6.07, 6.45) is 7.43. The number of nitrogens with zero attached hydrogens (tertiary/aromatic N) is 3. The smallest absolute Gasteiger partial charge is 0.0569 e. The summed E-state index contributed by atoms with van der Waals surface area (Å²) in [5.41, 5.74) is 8.07. The molecular formula is C16H26N4. The van der Waals surface area contributed by atoms with E-state index >= 15 is 0 Å². The van der Waals surface area contributed by atoms with Crippen LogP contribution in [0.25, 0.3) is 0 Å². The standard InChI is InChI=1S/C16H26N4/c1-13(17)16-6-5-14(11-18-16)20-10-7-15(12-20)19-8-3-2-4-9-19/h5-6,11,13,15H,2-4,7-10,12,17H2,1H3/t13-,15?/m1/s1. The molecule has 0 aromatic carbocycles. The number of anilines is 1. The molecule has 0 bridgehead atoms. The summed E-state index contributed by atoms with van der Waals surface area (Å²) in [7, 11) is 0. The Morgan fingerprint density at radius 3 is 2.65 bits per heavy atom. The van der Waals surface area contributed by atoms with Crippen molar-refractivity contribution in [3.05, 3.63) is 24.0 Å². The van der Waals surface area contributed by atoms with Crippen molar-refractivity contribution in [1.29, 1.82) is 0 Å². The number of likely N-dealkylation sites (tertiary alicyclic amines) is 1. The molecule has 4 heteroatoms. The Morgan fingerprint density at radius 2 is 2.00 bits per heavy atom. The first-order valence-corrected chi connectivity index (χ1v) is 7.94. The molecule has 0 amide bonds. The molecule has 2 aliphatic heterocycles. The lowest BCUT2D eigenvalue weighted by Gasteiger charge is -2.32. The summed E-state index contributed by atoms with van der Waals surface area (Å²) in [5, 5.41) is 0. The van der Waals surface area contributed by atoms with E-state index in [1.807, 2.05) is 13.1 Å². The van der Waals surface area contributed by atoms with Crippen molar-refractivity contribution >= 4 is 5.69 Å². The van der Waals surface area contributed by atoms with Crippen LogP contribution in [0.4, 0.5) is 5.69 Å². The largest absolute Gasteiger partial charge is 0.369 e. The Labute approximate surface area is 122 Å². The number of pyridine rings is 1. The van der Waals surface area contributed by atoms with Crippen LogP contribution in [0.2, 0.25) is 0 Å². The number of aromatic nitrogens is 1. The molecule has 3 rings (SSSR count). The third kappa shape index (κ3) is 2.96. The highest BCUT2D eigenvalue weighted by Gasteiger charge is 2.28. The lowest BCUT2D eigenvalue weighted by molar-refractivity contribution is 0.175. The zero-order chi connectivity index (χ0) is 13.9. The number of hydrogen-bond acceptors (Lipinski definition) is 4. The van der Waals surface area contributed by atoms with Crippen molar-refractivity contribution < 1.29 is 0 Å². The predicted octanol–water partition coefficient (Wildman–Crippen LogP) is 2.17. The minimum absolute atomic E-state index is 0.0173. The fourth-order valence-corrected chi connectivity index (χ4v) is 3.41. The van der Waals surface area contributed by atoms with Gasteiger partial charge in [-0.2, -0.15) is 0 Å².